The predicted molar refractivity (Wildman–Crippen MR) is 128 cm³/mol. The number of ether oxygens (including phenoxy) is 2. The number of hydrogen-bond donors (Lipinski definition) is 2. The zero-order chi connectivity index (χ0) is 22.9. The molecule has 0 radical (unpaired) electrons. The van der Waals surface area contributed by atoms with E-state index in [-0.39, 0.29) is 19.1 Å². The van der Waals surface area contributed by atoms with Crippen LogP contribution in [0.3, 0.4) is 0 Å². The number of nitrogens with zero attached hydrogens (tertiary/aromatic N) is 2. The fourth-order valence-electron chi connectivity index (χ4n) is 3.89. The largest absolute Gasteiger partial charge is 0.494 e. The maximum absolute atomic E-state index is 13.3. The molecule has 2 aromatic rings. The van der Waals surface area contributed by atoms with Crippen molar-refractivity contribution in [1.82, 2.24) is 10.4 Å². The van der Waals surface area contributed by atoms with Gasteiger partial charge >= 0.3 is 0 Å². The SMILES string of the molecule is O=C(NN1CCCC1)[C@]1(C/C=C/c2ccccc2)COC(c2ccc(OCCCO)cc2)=N1. The van der Waals surface area contributed by atoms with Gasteiger partial charge in [-0.1, -0.05) is 42.5 Å². The molecule has 1 fully saturated rings. The third-order valence-electron chi connectivity index (χ3n) is 5.79. The fourth-order valence-corrected chi connectivity index (χ4v) is 3.89. The summed E-state index contributed by atoms with van der Waals surface area (Å²) in [5, 5.41) is 10.9. The van der Waals surface area contributed by atoms with Crippen molar-refractivity contribution in [3.63, 3.8) is 0 Å². The number of carbonyl (C=O) groups is 1. The van der Waals surface area contributed by atoms with Crippen molar-refractivity contribution in [2.24, 2.45) is 4.99 Å². The Kier molecular flexibility index (Phi) is 7.75. The average molecular weight is 450 g/mol. The first-order valence-corrected chi connectivity index (χ1v) is 11.5. The standard InChI is InChI=1S/C26H31N3O4/c30-18-7-19-32-23-13-11-22(12-14-23)24-27-26(20-33-24,25(31)28-29-16-4-5-17-29)15-6-10-21-8-2-1-3-9-21/h1-3,6,8-14,30H,4-5,7,15-20H2,(H,28,31)/b10-6+/t26-/m0/s1. The second kappa shape index (κ2) is 11.1. The Balaban J connectivity index is 1.51. The Bertz CT molecular complexity index is 969. The topological polar surface area (TPSA) is 83.4 Å². The first kappa shape index (κ1) is 23.0. The van der Waals surface area contributed by atoms with Gasteiger partial charge in [0.2, 0.25) is 5.90 Å². The molecule has 4 rings (SSSR count). The second-order valence-electron chi connectivity index (χ2n) is 8.34. The molecule has 2 N–H and O–H groups in total. The summed E-state index contributed by atoms with van der Waals surface area (Å²) < 4.78 is 11.5. The Morgan fingerprint density at radius 1 is 1.15 bits per heavy atom. The molecule has 0 spiro atoms. The molecule has 2 aliphatic rings. The molecular weight excluding hydrogens is 418 g/mol. The van der Waals surface area contributed by atoms with E-state index in [4.69, 9.17) is 19.6 Å². The lowest BCUT2D eigenvalue weighted by Crippen LogP contribution is -2.52. The number of hydrogen-bond acceptors (Lipinski definition) is 6. The maximum atomic E-state index is 13.3. The molecule has 1 saturated heterocycles. The number of aliphatic imine (C=N–C) groups is 1. The summed E-state index contributed by atoms with van der Waals surface area (Å²) in [6, 6.07) is 17.4. The number of aliphatic hydroxyl groups excluding tert-OH is 1. The predicted octanol–water partition coefficient (Wildman–Crippen LogP) is 3.19. The summed E-state index contributed by atoms with van der Waals surface area (Å²) in [6.45, 7) is 2.47. The van der Waals surface area contributed by atoms with Crippen molar-refractivity contribution in [3.8, 4) is 5.75 Å². The quantitative estimate of drug-likeness (QED) is 0.545. The summed E-state index contributed by atoms with van der Waals surface area (Å²) in [5.41, 5.74) is 3.91. The minimum Gasteiger partial charge on any atom is -0.494 e. The second-order valence-corrected chi connectivity index (χ2v) is 8.34. The van der Waals surface area contributed by atoms with E-state index in [2.05, 4.69) is 5.43 Å². The Labute approximate surface area is 194 Å². The van der Waals surface area contributed by atoms with Gasteiger partial charge < -0.3 is 14.6 Å². The van der Waals surface area contributed by atoms with Crippen LogP contribution in [0.25, 0.3) is 6.08 Å². The van der Waals surface area contributed by atoms with Crippen molar-refractivity contribution in [3.05, 3.63) is 71.8 Å². The van der Waals surface area contributed by atoms with E-state index in [0.717, 1.165) is 42.8 Å². The molecule has 0 aromatic heterocycles. The van der Waals surface area contributed by atoms with Crippen molar-refractivity contribution >= 4 is 17.9 Å². The van der Waals surface area contributed by atoms with E-state index in [1.807, 2.05) is 71.8 Å². The van der Waals surface area contributed by atoms with Crippen LogP contribution in [-0.4, -0.2) is 60.4 Å². The third kappa shape index (κ3) is 6.00. The van der Waals surface area contributed by atoms with E-state index in [1.165, 1.54) is 0 Å². The van der Waals surface area contributed by atoms with Gasteiger partial charge in [-0.15, -0.1) is 0 Å². The van der Waals surface area contributed by atoms with E-state index in [0.29, 0.717) is 25.3 Å². The Morgan fingerprint density at radius 2 is 1.91 bits per heavy atom. The number of rotatable bonds is 10. The molecule has 7 heteroatoms. The van der Waals surface area contributed by atoms with Crippen LogP contribution in [0.15, 0.2) is 65.7 Å². The summed E-state index contributed by atoms with van der Waals surface area (Å²) in [7, 11) is 0. The van der Waals surface area contributed by atoms with Crippen molar-refractivity contribution in [2.75, 3.05) is 32.9 Å². The third-order valence-corrected chi connectivity index (χ3v) is 5.79. The van der Waals surface area contributed by atoms with E-state index >= 15 is 0 Å². The molecular formula is C26H31N3O4. The lowest BCUT2D eigenvalue weighted by atomic mass is 9.95. The van der Waals surface area contributed by atoms with Gasteiger partial charge in [-0.25, -0.2) is 10.0 Å². The van der Waals surface area contributed by atoms with Crippen LogP contribution in [0.5, 0.6) is 5.75 Å². The molecule has 7 nitrogen and oxygen atoms in total. The van der Waals surface area contributed by atoms with Crippen LogP contribution in [0.2, 0.25) is 0 Å². The van der Waals surface area contributed by atoms with Crippen LogP contribution < -0.4 is 10.2 Å². The first-order chi connectivity index (χ1) is 16.2. The molecule has 0 aliphatic carbocycles. The number of benzene rings is 2. The highest BCUT2D eigenvalue weighted by atomic mass is 16.5. The van der Waals surface area contributed by atoms with Crippen LogP contribution >= 0.6 is 0 Å². The fraction of sp³-hybridized carbons (Fsp3) is 0.385. The van der Waals surface area contributed by atoms with E-state index in [9.17, 15) is 4.79 Å². The van der Waals surface area contributed by atoms with Crippen LogP contribution in [0.4, 0.5) is 0 Å². The molecule has 1 amide bonds. The minimum atomic E-state index is -1.01. The smallest absolute Gasteiger partial charge is 0.266 e. The lowest BCUT2D eigenvalue weighted by Gasteiger charge is -2.25. The highest BCUT2D eigenvalue weighted by Crippen LogP contribution is 2.28. The summed E-state index contributed by atoms with van der Waals surface area (Å²) in [5.74, 6) is 1.04. The van der Waals surface area contributed by atoms with Crippen LogP contribution in [0, 0.1) is 0 Å². The molecule has 1 atom stereocenters. The molecule has 33 heavy (non-hydrogen) atoms. The average Bonchev–Trinajstić information content (AvgIpc) is 3.51. The lowest BCUT2D eigenvalue weighted by molar-refractivity contribution is -0.131. The normalized spacial score (nSPS) is 20.6. The van der Waals surface area contributed by atoms with Gasteiger partial charge in [-0.05, 0) is 42.7 Å². The molecule has 0 saturated carbocycles. The Morgan fingerprint density at radius 3 is 2.64 bits per heavy atom. The number of amides is 1. The van der Waals surface area contributed by atoms with Crippen molar-refractivity contribution in [1.29, 1.82) is 0 Å². The maximum Gasteiger partial charge on any atom is 0.266 e. The van der Waals surface area contributed by atoms with Crippen LogP contribution in [0.1, 0.15) is 36.8 Å². The van der Waals surface area contributed by atoms with Crippen molar-refractivity contribution in [2.45, 2.75) is 31.2 Å². The zero-order valence-electron chi connectivity index (χ0n) is 18.8. The molecule has 0 bridgehead atoms. The molecule has 2 aromatic carbocycles. The molecule has 0 unspecified atom stereocenters. The summed E-state index contributed by atoms with van der Waals surface area (Å²) >= 11 is 0. The van der Waals surface area contributed by atoms with Gasteiger partial charge in [0, 0.05) is 38.1 Å². The Hall–Kier alpha value is -3.16. The molecule has 2 heterocycles. The number of nitrogens with one attached hydrogen (secondary N) is 1. The minimum absolute atomic E-state index is 0.100. The molecule has 2 aliphatic heterocycles. The van der Waals surface area contributed by atoms with Crippen LogP contribution in [-0.2, 0) is 9.53 Å². The van der Waals surface area contributed by atoms with Gasteiger partial charge in [0.25, 0.3) is 5.91 Å². The molecule has 174 valence electrons. The van der Waals surface area contributed by atoms with E-state index < -0.39 is 5.54 Å². The van der Waals surface area contributed by atoms with Crippen molar-refractivity contribution < 1.29 is 19.4 Å². The summed E-state index contributed by atoms with van der Waals surface area (Å²) in [4.78, 5) is 18.1. The van der Waals surface area contributed by atoms with Gasteiger partial charge in [-0.2, -0.15) is 0 Å². The number of carbonyl (C=O) groups excluding carboxylic acids is 1. The number of hydrazine groups is 1. The zero-order valence-corrected chi connectivity index (χ0v) is 18.8. The van der Waals surface area contributed by atoms with Gasteiger partial charge in [0.1, 0.15) is 12.4 Å². The monoisotopic (exact) mass is 449 g/mol. The highest BCUT2D eigenvalue weighted by molar-refractivity contribution is 6.00. The number of aliphatic hydroxyl groups is 1. The first-order valence-electron chi connectivity index (χ1n) is 11.5. The highest BCUT2D eigenvalue weighted by Gasteiger charge is 2.44. The van der Waals surface area contributed by atoms with Gasteiger partial charge in [0.05, 0.1) is 6.61 Å². The van der Waals surface area contributed by atoms with E-state index in [1.54, 1.807) is 0 Å². The van der Waals surface area contributed by atoms with Gasteiger partial charge in [0.15, 0.2) is 5.54 Å². The van der Waals surface area contributed by atoms with Gasteiger partial charge in [-0.3, -0.25) is 10.2 Å². The summed E-state index contributed by atoms with van der Waals surface area (Å²) in [6.07, 6.45) is 7.19.